The van der Waals surface area contributed by atoms with Gasteiger partial charge in [-0.2, -0.15) is 0 Å². The fourth-order valence-electron chi connectivity index (χ4n) is 3.34. The summed E-state index contributed by atoms with van der Waals surface area (Å²) in [6.07, 6.45) is 0. The van der Waals surface area contributed by atoms with Crippen molar-refractivity contribution in [2.45, 2.75) is 13.5 Å². The standard InChI is InChI=1S/C22H23FN4OS/c1-16-6-8-17(9-7-16)14-24-21(28)19-15-29-22(25-19)27-12-10-26(11-13-27)20-5-3-2-4-18(20)23/h2-9,15H,10-14H2,1H3,(H,24,28). The number of halogens is 1. The Morgan fingerprint density at radius 2 is 1.76 bits per heavy atom. The molecule has 1 aliphatic rings. The molecule has 1 amide bonds. The maximum absolute atomic E-state index is 14.0. The van der Waals surface area contributed by atoms with Gasteiger partial charge in [0, 0.05) is 38.1 Å². The van der Waals surface area contributed by atoms with Gasteiger partial charge in [-0.15, -0.1) is 11.3 Å². The Morgan fingerprint density at radius 1 is 1.07 bits per heavy atom. The largest absolute Gasteiger partial charge is 0.366 e. The summed E-state index contributed by atoms with van der Waals surface area (Å²) < 4.78 is 14.0. The van der Waals surface area contributed by atoms with Crippen LogP contribution in [0.2, 0.25) is 0 Å². The van der Waals surface area contributed by atoms with E-state index < -0.39 is 0 Å². The fraction of sp³-hybridized carbons (Fsp3) is 0.273. The lowest BCUT2D eigenvalue weighted by Gasteiger charge is -2.36. The predicted molar refractivity (Wildman–Crippen MR) is 115 cm³/mol. The molecule has 0 saturated carbocycles. The summed E-state index contributed by atoms with van der Waals surface area (Å²) in [6.45, 7) is 5.44. The summed E-state index contributed by atoms with van der Waals surface area (Å²) in [5.41, 5.74) is 3.33. The quantitative estimate of drug-likeness (QED) is 0.694. The van der Waals surface area contributed by atoms with Gasteiger partial charge in [-0.25, -0.2) is 9.37 Å². The van der Waals surface area contributed by atoms with Crippen molar-refractivity contribution in [3.63, 3.8) is 0 Å². The van der Waals surface area contributed by atoms with Crippen LogP contribution in [-0.2, 0) is 6.54 Å². The normalized spacial score (nSPS) is 14.1. The topological polar surface area (TPSA) is 48.5 Å². The minimum atomic E-state index is -0.192. The maximum atomic E-state index is 14.0. The molecule has 0 unspecified atom stereocenters. The molecule has 29 heavy (non-hydrogen) atoms. The van der Waals surface area contributed by atoms with Gasteiger partial charge in [0.2, 0.25) is 0 Å². The Morgan fingerprint density at radius 3 is 2.48 bits per heavy atom. The molecule has 0 bridgehead atoms. The number of para-hydroxylation sites is 1. The lowest BCUT2D eigenvalue weighted by Crippen LogP contribution is -2.46. The summed E-state index contributed by atoms with van der Waals surface area (Å²) >= 11 is 1.47. The Bertz CT molecular complexity index is 980. The van der Waals surface area contributed by atoms with Gasteiger partial charge >= 0.3 is 0 Å². The van der Waals surface area contributed by atoms with Gasteiger partial charge in [-0.1, -0.05) is 42.0 Å². The zero-order valence-electron chi connectivity index (χ0n) is 16.3. The van der Waals surface area contributed by atoms with Gasteiger partial charge in [0.05, 0.1) is 5.69 Å². The summed E-state index contributed by atoms with van der Waals surface area (Å²) in [5.74, 6) is -0.360. The molecule has 5 nitrogen and oxygen atoms in total. The first-order valence-corrected chi connectivity index (χ1v) is 10.5. The molecular formula is C22H23FN4OS. The Hall–Kier alpha value is -2.93. The third-order valence-electron chi connectivity index (χ3n) is 5.04. The van der Waals surface area contributed by atoms with Crippen LogP contribution in [0.3, 0.4) is 0 Å². The molecule has 0 spiro atoms. The van der Waals surface area contributed by atoms with Gasteiger partial charge in [0.25, 0.3) is 5.91 Å². The molecular weight excluding hydrogens is 387 g/mol. The van der Waals surface area contributed by atoms with Crippen molar-refractivity contribution in [3.05, 3.63) is 76.5 Å². The smallest absolute Gasteiger partial charge is 0.271 e. The monoisotopic (exact) mass is 410 g/mol. The molecule has 1 N–H and O–H groups in total. The number of rotatable bonds is 5. The van der Waals surface area contributed by atoms with Crippen molar-refractivity contribution in [1.29, 1.82) is 0 Å². The van der Waals surface area contributed by atoms with Crippen LogP contribution < -0.4 is 15.1 Å². The number of piperazine rings is 1. The van der Waals surface area contributed by atoms with E-state index in [9.17, 15) is 9.18 Å². The van der Waals surface area contributed by atoms with Crippen molar-refractivity contribution in [2.24, 2.45) is 0 Å². The van der Waals surface area contributed by atoms with Gasteiger partial charge in [0.15, 0.2) is 5.13 Å². The van der Waals surface area contributed by atoms with Crippen molar-refractivity contribution in [1.82, 2.24) is 10.3 Å². The number of benzene rings is 2. The Labute approximate surface area is 173 Å². The zero-order chi connectivity index (χ0) is 20.2. The van der Waals surface area contributed by atoms with Gasteiger partial charge < -0.3 is 15.1 Å². The predicted octanol–water partition coefficient (Wildman–Crippen LogP) is 3.85. The van der Waals surface area contributed by atoms with Crippen LogP contribution in [0.5, 0.6) is 0 Å². The highest BCUT2D eigenvalue weighted by Crippen LogP contribution is 2.25. The van der Waals surface area contributed by atoms with E-state index in [1.165, 1.54) is 23.0 Å². The highest BCUT2D eigenvalue weighted by molar-refractivity contribution is 7.13. The summed E-state index contributed by atoms with van der Waals surface area (Å²) in [6, 6.07) is 14.9. The molecule has 150 valence electrons. The van der Waals surface area contributed by atoms with Crippen molar-refractivity contribution >= 4 is 28.1 Å². The first-order valence-electron chi connectivity index (χ1n) is 9.64. The molecule has 2 heterocycles. The molecule has 1 aliphatic heterocycles. The molecule has 0 aliphatic carbocycles. The van der Waals surface area contributed by atoms with E-state index in [0.29, 0.717) is 17.9 Å². The average Bonchev–Trinajstić information content (AvgIpc) is 3.24. The van der Waals surface area contributed by atoms with E-state index in [1.807, 2.05) is 43.3 Å². The van der Waals surface area contributed by atoms with Crippen molar-refractivity contribution < 1.29 is 9.18 Å². The second-order valence-electron chi connectivity index (χ2n) is 7.11. The summed E-state index contributed by atoms with van der Waals surface area (Å²) in [7, 11) is 0. The number of anilines is 2. The molecule has 1 saturated heterocycles. The third-order valence-corrected chi connectivity index (χ3v) is 5.94. The van der Waals surface area contributed by atoms with E-state index >= 15 is 0 Å². The number of thiazole rings is 1. The van der Waals surface area contributed by atoms with E-state index in [0.717, 1.165) is 36.9 Å². The first-order chi connectivity index (χ1) is 14.1. The van der Waals surface area contributed by atoms with Gasteiger partial charge in [-0.05, 0) is 24.6 Å². The number of aromatic nitrogens is 1. The lowest BCUT2D eigenvalue weighted by atomic mass is 10.1. The van der Waals surface area contributed by atoms with Crippen LogP contribution in [0.1, 0.15) is 21.6 Å². The number of nitrogens with zero attached hydrogens (tertiary/aromatic N) is 3. The Balaban J connectivity index is 1.33. The second kappa shape index (κ2) is 8.61. The van der Waals surface area contributed by atoms with Crippen LogP contribution in [0.25, 0.3) is 0 Å². The minimum Gasteiger partial charge on any atom is -0.366 e. The van der Waals surface area contributed by atoms with Crippen molar-refractivity contribution in [2.75, 3.05) is 36.0 Å². The second-order valence-corrected chi connectivity index (χ2v) is 7.95. The lowest BCUT2D eigenvalue weighted by molar-refractivity contribution is 0.0946. The summed E-state index contributed by atoms with van der Waals surface area (Å²) in [5, 5.41) is 5.55. The van der Waals surface area contributed by atoms with Crippen LogP contribution >= 0.6 is 11.3 Å². The molecule has 4 rings (SSSR count). The van der Waals surface area contributed by atoms with Crippen molar-refractivity contribution in [3.8, 4) is 0 Å². The number of aryl methyl sites for hydroxylation is 1. The maximum Gasteiger partial charge on any atom is 0.271 e. The van der Waals surface area contributed by atoms with E-state index in [-0.39, 0.29) is 11.7 Å². The first kappa shape index (κ1) is 19.4. The van der Waals surface area contributed by atoms with Gasteiger partial charge in [-0.3, -0.25) is 4.79 Å². The third kappa shape index (κ3) is 4.56. The molecule has 3 aromatic rings. The highest BCUT2D eigenvalue weighted by Gasteiger charge is 2.22. The number of carbonyl (C=O) groups excluding carboxylic acids is 1. The van der Waals surface area contributed by atoms with Crippen LogP contribution in [0.4, 0.5) is 15.2 Å². The molecule has 2 aromatic carbocycles. The molecule has 0 radical (unpaired) electrons. The number of amides is 1. The minimum absolute atomic E-state index is 0.168. The molecule has 1 aromatic heterocycles. The number of nitrogens with one attached hydrogen (secondary N) is 1. The number of hydrogen-bond donors (Lipinski definition) is 1. The number of hydrogen-bond acceptors (Lipinski definition) is 5. The average molecular weight is 411 g/mol. The van der Waals surface area contributed by atoms with Crippen LogP contribution in [0.15, 0.2) is 53.9 Å². The van der Waals surface area contributed by atoms with Crippen LogP contribution in [-0.4, -0.2) is 37.1 Å². The van der Waals surface area contributed by atoms with Crippen LogP contribution in [0, 0.1) is 12.7 Å². The summed E-state index contributed by atoms with van der Waals surface area (Å²) in [4.78, 5) is 21.1. The van der Waals surface area contributed by atoms with E-state index in [1.54, 1.807) is 11.4 Å². The number of carbonyl (C=O) groups is 1. The Kier molecular flexibility index (Phi) is 5.76. The van der Waals surface area contributed by atoms with Gasteiger partial charge in [0.1, 0.15) is 11.5 Å². The molecule has 0 atom stereocenters. The molecule has 7 heteroatoms. The van der Waals surface area contributed by atoms with E-state index in [2.05, 4.69) is 20.1 Å². The highest BCUT2D eigenvalue weighted by atomic mass is 32.1. The molecule has 1 fully saturated rings. The zero-order valence-corrected chi connectivity index (χ0v) is 17.1. The SMILES string of the molecule is Cc1ccc(CNC(=O)c2csc(N3CCN(c4ccccc4F)CC3)n2)cc1. The van der Waals surface area contributed by atoms with E-state index in [4.69, 9.17) is 0 Å². The fourth-order valence-corrected chi connectivity index (χ4v) is 4.20.